The molecule has 0 aliphatic carbocycles. The van der Waals surface area contributed by atoms with Crippen LogP contribution >= 0.6 is 0 Å². The molecule has 0 saturated heterocycles. The predicted octanol–water partition coefficient (Wildman–Crippen LogP) is 4.76. The average Bonchev–Trinajstić information content (AvgIpc) is 3.82. The Morgan fingerprint density at radius 2 is 1.05 bits per heavy atom. The van der Waals surface area contributed by atoms with E-state index < -0.39 is 53.4 Å². The van der Waals surface area contributed by atoms with E-state index in [0.717, 1.165) is 22.3 Å². The number of aromatic hydroxyl groups is 1. The number of carboxylic acid groups (broad SMARTS) is 1. The number of unbranched alkanes of at least 4 members (excludes halogenated alkanes) is 1. The molecule has 1 aromatic heterocycles. The molecule has 0 aliphatic heterocycles. The van der Waals surface area contributed by atoms with Gasteiger partial charge >= 0.3 is 5.97 Å². The van der Waals surface area contributed by atoms with Crippen LogP contribution in [-0.4, -0.2) is 74.6 Å². The normalized spacial score (nSPS) is 13.2. The Morgan fingerprint density at radius 3 is 1.56 bits per heavy atom. The van der Waals surface area contributed by atoms with Gasteiger partial charge < -0.3 is 36.9 Å². The number of nitrogens with zero attached hydrogens (tertiary/aromatic N) is 1. The van der Waals surface area contributed by atoms with Crippen molar-refractivity contribution in [3.8, 4) is 5.75 Å². The second kappa shape index (κ2) is 22.0. The quantitative estimate of drug-likeness (QED) is 0.0350. The van der Waals surface area contributed by atoms with Crippen molar-refractivity contribution in [2.45, 2.75) is 68.2 Å². The minimum Gasteiger partial charge on any atom is -0.508 e. The van der Waals surface area contributed by atoms with Crippen molar-refractivity contribution in [1.82, 2.24) is 31.2 Å². The molecule has 62 heavy (non-hydrogen) atoms. The number of phenols is 1. The number of hydrogen-bond donors (Lipinski definition) is 8. The number of aliphatic carboxylic acids is 1. The van der Waals surface area contributed by atoms with Crippen LogP contribution in [0.3, 0.4) is 0 Å². The van der Waals surface area contributed by atoms with Gasteiger partial charge in [0.15, 0.2) is 0 Å². The summed E-state index contributed by atoms with van der Waals surface area (Å²) in [5, 5.41) is 32.1. The van der Waals surface area contributed by atoms with Crippen molar-refractivity contribution in [2.75, 3.05) is 6.54 Å². The highest BCUT2D eigenvalue weighted by molar-refractivity contribution is 5.94. The van der Waals surface area contributed by atoms with Gasteiger partial charge in [-0.2, -0.15) is 0 Å². The fraction of sp³-hybridized carbons (Fsp3) is 0.245. The van der Waals surface area contributed by atoms with Crippen LogP contribution in [0.1, 0.15) is 52.8 Å². The van der Waals surface area contributed by atoms with Crippen molar-refractivity contribution in [3.05, 3.63) is 192 Å². The van der Waals surface area contributed by atoms with Gasteiger partial charge in [-0.1, -0.05) is 133 Å². The van der Waals surface area contributed by atoms with Gasteiger partial charge in [-0.15, -0.1) is 0 Å². The number of carbonyl (C=O) groups excluding carboxylic acids is 3. The molecule has 0 aliphatic rings. The lowest BCUT2D eigenvalue weighted by molar-refractivity contribution is -0.142. The Labute approximate surface area is 361 Å². The summed E-state index contributed by atoms with van der Waals surface area (Å²) in [5.41, 5.74) is 9.40. The van der Waals surface area contributed by atoms with Crippen molar-refractivity contribution in [3.63, 3.8) is 0 Å². The molecule has 4 atom stereocenters. The first-order chi connectivity index (χ1) is 30.2. The topological polar surface area (TPSA) is 212 Å². The van der Waals surface area contributed by atoms with Gasteiger partial charge in [0.25, 0.3) is 0 Å². The molecule has 0 bridgehead atoms. The third kappa shape index (κ3) is 11.8. The molecule has 5 aromatic carbocycles. The number of amides is 3. The molecular formula is C49H53N7O6. The number of H-pyrrole nitrogens is 1. The zero-order chi connectivity index (χ0) is 43.7. The van der Waals surface area contributed by atoms with Crippen molar-refractivity contribution in [1.29, 1.82) is 0 Å². The number of aromatic nitrogens is 2. The Kier molecular flexibility index (Phi) is 15.7. The fourth-order valence-corrected chi connectivity index (χ4v) is 7.60. The predicted molar refractivity (Wildman–Crippen MR) is 237 cm³/mol. The minimum absolute atomic E-state index is 0.0227. The zero-order valence-electron chi connectivity index (χ0n) is 34.3. The molecule has 0 spiro atoms. The van der Waals surface area contributed by atoms with Crippen LogP contribution in [0, 0.1) is 0 Å². The maximum Gasteiger partial charge on any atom is 0.326 e. The van der Waals surface area contributed by atoms with Gasteiger partial charge in [0.05, 0.1) is 23.6 Å². The summed E-state index contributed by atoms with van der Waals surface area (Å²) in [6, 6.07) is 40.1. The SMILES string of the molecule is NCCCC[C@H](NC(=O)[C@H](Cc1c[nH]cn1)NC(c1ccccc1)(c1ccccc1)c1ccccc1)C(=O)N[C@@H](Cc1ccccc1)C(=O)N[C@@H](Cc1ccc(O)cc1)C(=O)O. The Bertz CT molecular complexity index is 2220. The lowest BCUT2D eigenvalue weighted by Gasteiger charge is -2.40. The van der Waals surface area contributed by atoms with Gasteiger partial charge in [-0.3, -0.25) is 19.7 Å². The summed E-state index contributed by atoms with van der Waals surface area (Å²) in [6.07, 6.45) is 4.69. The maximum absolute atomic E-state index is 14.9. The van der Waals surface area contributed by atoms with Crippen molar-refractivity contribution < 1.29 is 29.4 Å². The Balaban J connectivity index is 1.32. The molecule has 6 aromatic rings. The summed E-state index contributed by atoms with van der Waals surface area (Å²) in [6.45, 7) is 0.371. The molecular weight excluding hydrogens is 783 g/mol. The highest BCUT2D eigenvalue weighted by Gasteiger charge is 2.41. The number of benzene rings is 5. The molecule has 0 radical (unpaired) electrons. The average molecular weight is 836 g/mol. The third-order valence-corrected chi connectivity index (χ3v) is 10.8. The Morgan fingerprint density at radius 1 is 0.581 bits per heavy atom. The van der Waals surface area contributed by atoms with Crippen molar-refractivity contribution in [2.24, 2.45) is 5.73 Å². The number of rotatable bonds is 22. The van der Waals surface area contributed by atoms with Crippen LogP contribution in [-0.2, 0) is 44.0 Å². The number of imidazole rings is 1. The van der Waals surface area contributed by atoms with Crippen LogP contribution in [0.25, 0.3) is 0 Å². The lowest BCUT2D eigenvalue weighted by atomic mass is 9.76. The largest absolute Gasteiger partial charge is 0.508 e. The first-order valence-corrected chi connectivity index (χ1v) is 20.7. The smallest absolute Gasteiger partial charge is 0.326 e. The second-order valence-corrected chi connectivity index (χ2v) is 15.2. The number of carboxylic acids is 1. The summed E-state index contributed by atoms with van der Waals surface area (Å²) < 4.78 is 0. The van der Waals surface area contributed by atoms with E-state index in [2.05, 4.69) is 31.2 Å². The van der Waals surface area contributed by atoms with Gasteiger partial charge in [-0.25, -0.2) is 9.78 Å². The lowest BCUT2D eigenvalue weighted by Crippen LogP contribution is -2.60. The van der Waals surface area contributed by atoms with Crippen LogP contribution < -0.4 is 27.0 Å². The van der Waals surface area contributed by atoms with Crippen LogP contribution in [0.4, 0.5) is 0 Å². The minimum atomic E-state index is -1.34. The number of hydrogen-bond acceptors (Lipinski definition) is 8. The number of nitrogens with one attached hydrogen (secondary N) is 5. The highest BCUT2D eigenvalue weighted by Crippen LogP contribution is 2.37. The zero-order valence-corrected chi connectivity index (χ0v) is 34.3. The van der Waals surface area contributed by atoms with Gasteiger partial charge in [0.2, 0.25) is 17.7 Å². The van der Waals surface area contributed by atoms with Crippen molar-refractivity contribution >= 4 is 23.7 Å². The molecule has 0 saturated carbocycles. The summed E-state index contributed by atoms with van der Waals surface area (Å²) >= 11 is 0. The number of aromatic amines is 1. The first-order valence-electron chi connectivity index (χ1n) is 20.7. The molecule has 13 nitrogen and oxygen atoms in total. The monoisotopic (exact) mass is 835 g/mol. The van der Waals surface area contributed by atoms with Gasteiger partial charge in [-0.05, 0) is 65.8 Å². The standard InChI is InChI=1S/C49H53N7O6/c50-28-14-13-23-41(45(58)54-42(29-34-15-5-1-6-16-34)46(59)55-44(48(61)62)30-35-24-26-40(57)27-25-35)53-47(60)43(31-39-32-51-33-52-39)56-49(36-17-7-2-8-18-36,37-19-9-3-10-20-37)38-21-11-4-12-22-38/h1-12,15-22,24-27,32-33,41-44,56-57H,13-14,23,28-31,50H2,(H,51,52)(H,53,60)(H,54,58)(H,55,59)(H,61,62)/t41-,42-,43-,44-/m0/s1. The second-order valence-electron chi connectivity index (χ2n) is 15.2. The number of nitrogens with two attached hydrogens (primary N) is 1. The van der Waals surface area contributed by atoms with E-state index in [1.54, 1.807) is 36.8 Å². The molecule has 3 amide bonds. The van der Waals surface area contributed by atoms with Gasteiger partial charge in [0.1, 0.15) is 23.9 Å². The molecule has 13 heteroatoms. The van der Waals surface area contributed by atoms with Crippen LogP contribution in [0.5, 0.6) is 5.75 Å². The molecule has 6 rings (SSSR count). The van der Waals surface area contributed by atoms with E-state index in [9.17, 15) is 29.4 Å². The third-order valence-electron chi connectivity index (χ3n) is 10.8. The van der Waals surface area contributed by atoms with Crippen LogP contribution in [0.15, 0.2) is 158 Å². The molecule has 320 valence electrons. The van der Waals surface area contributed by atoms with E-state index in [-0.39, 0.29) is 31.4 Å². The summed E-state index contributed by atoms with van der Waals surface area (Å²) in [7, 11) is 0. The fourth-order valence-electron chi connectivity index (χ4n) is 7.60. The van der Waals surface area contributed by atoms with E-state index in [1.807, 2.05) is 109 Å². The van der Waals surface area contributed by atoms with Crippen LogP contribution in [0.2, 0.25) is 0 Å². The highest BCUT2D eigenvalue weighted by atomic mass is 16.4. The molecule has 0 unspecified atom stereocenters. The molecule has 9 N–H and O–H groups in total. The van der Waals surface area contributed by atoms with E-state index in [4.69, 9.17) is 5.73 Å². The number of phenolic OH excluding ortho intramolecular Hbond substituents is 1. The first kappa shape index (κ1) is 44.5. The summed E-state index contributed by atoms with van der Waals surface area (Å²) in [5.74, 6) is -3.05. The number of carbonyl (C=O) groups is 4. The van der Waals surface area contributed by atoms with E-state index in [1.165, 1.54) is 12.1 Å². The summed E-state index contributed by atoms with van der Waals surface area (Å²) in [4.78, 5) is 63.3. The van der Waals surface area contributed by atoms with E-state index in [0.29, 0.717) is 30.6 Å². The molecule has 1 heterocycles. The van der Waals surface area contributed by atoms with E-state index >= 15 is 0 Å². The maximum atomic E-state index is 14.9. The Hall–Kier alpha value is -7.09. The molecule has 0 fully saturated rings. The van der Waals surface area contributed by atoms with Gasteiger partial charge in [0, 0.05) is 25.5 Å².